The number of hydrogen-bond donors (Lipinski definition) is 9. The van der Waals surface area contributed by atoms with Gasteiger partial charge in [-0.2, -0.15) is 12.9 Å². The van der Waals surface area contributed by atoms with E-state index in [1.807, 2.05) is 0 Å². The highest BCUT2D eigenvalue weighted by atomic mass is 31.3. The van der Waals surface area contributed by atoms with E-state index in [2.05, 4.69) is 36.9 Å². The molecule has 3 fully saturated rings. The molecule has 4 unspecified atom stereocenters. The zero-order valence-corrected chi connectivity index (χ0v) is 29.4. The van der Waals surface area contributed by atoms with Crippen molar-refractivity contribution in [3.8, 4) is 11.5 Å². The molecule has 6 rings (SSSR count). The van der Waals surface area contributed by atoms with E-state index in [0.717, 1.165) is 12.7 Å². The minimum atomic E-state index is -6.22. The van der Waals surface area contributed by atoms with Gasteiger partial charge in [-0.3, -0.25) is 13.6 Å². The van der Waals surface area contributed by atoms with Gasteiger partial charge in [0.2, 0.25) is 6.29 Å². The van der Waals surface area contributed by atoms with Gasteiger partial charge in [-0.05, 0) is 24.3 Å². The van der Waals surface area contributed by atoms with Crippen LogP contribution < -0.4 is 15.2 Å². The van der Waals surface area contributed by atoms with Crippen molar-refractivity contribution in [2.45, 2.75) is 54.7 Å². The highest BCUT2D eigenvalue weighted by Crippen LogP contribution is 2.73. The van der Waals surface area contributed by atoms with Crippen LogP contribution in [0.4, 0.5) is 5.82 Å². The third-order valence-electron chi connectivity index (χ3n) is 7.67. The molecule has 13 atom stereocenters. The van der Waals surface area contributed by atoms with E-state index in [-0.39, 0.29) is 22.7 Å². The van der Waals surface area contributed by atoms with Crippen molar-refractivity contribution in [2.24, 2.45) is 0 Å². The van der Waals surface area contributed by atoms with Crippen LogP contribution in [0.1, 0.15) is 6.23 Å². The largest absolute Gasteiger partial charge is 0.497 e. The Morgan fingerprint density at radius 2 is 1.48 bits per heavy atom. The van der Waals surface area contributed by atoms with Crippen LogP contribution in [0.2, 0.25) is 0 Å². The molecule has 2 saturated heterocycles. The van der Waals surface area contributed by atoms with E-state index in [9.17, 15) is 58.3 Å². The summed E-state index contributed by atoms with van der Waals surface area (Å²) in [5.41, 5.74) is 3.55. The number of aliphatic hydroxyl groups is 4. The second kappa shape index (κ2) is 14.0. The van der Waals surface area contributed by atoms with E-state index in [1.165, 1.54) is 35.9 Å². The Balaban J connectivity index is 0.999. The standard InChI is InChI=1S/C22H29N5O21P4/c1-40-9-2-4-10(5-3-9)42-21-14(29)13(28)11(43-21)6-41-49(32,33)46-51(36,37)48-52(38,39)47-50(34,35)45-17-16-22(17,31)15(30)20(44-16)27-8-26-12-18(23)24-7-25-19(12)27/h2-5,7-8,11,13-17,20-21,28-31H,6H2,1H3,(H,32,33)(H,34,35)(H,36,37)(H,38,39)(H2,23,24,25)/t11-,13-,14-,15+,16-,17+,20-,21-,22+/m1/s1. The van der Waals surface area contributed by atoms with Gasteiger partial charge in [0.1, 0.15) is 60.0 Å². The lowest BCUT2D eigenvalue weighted by Crippen LogP contribution is -2.37. The molecule has 1 aliphatic carbocycles. The van der Waals surface area contributed by atoms with Crippen molar-refractivity contribution in [3.63, 3.8) is 0 Å². The van der Waals surface area contributed by atoms with Crippen LogP contribution in [0, 0.1) is 0 Å². The smallest absolute Gasteiger partial charge is 0.490 e. The van der Waals surface area contributed by atoms with Gasteiger partial charge in [-0.25, -0.2) is 33.2 Å². The lowest BCUT2D eigenvalue weighted by Gasteiger charge is -2.24. The van der Waals surface area contributed by atoms with Gasteiger partial charge in [-0.1, -0.05) is 0 Å². The summed E-state index contributed by atoms with van der Waals surface area (Å²) < 4.78 is 92.6. The molecule has 10 N–H and O–H groups in total. The molecule has 0 bridgehead atoms. The molecule has 1 aromatic carbocycles. The summed E-state index contributed by atoms with van der Waals surface area (Å²) in [6, 6.07) is 5.91. The number of anilines is 1. The van der Waals surface area contributed by atoms with Crippen LogP contribution in [0.25, 0.3) is 11.2 Å². The van der Waals surface area contributed by atoms with E-state index in [1.54, 1.807) is 0 Å². The van der Waals surface area contributed by atoms with Crippen molar-refractivity contribution < 1.29 is 99.2 Å². The third kappa shape index (κ3) is 7.97. The Labute approximate surface area is 289 Å². The number of aromatic nitrogens is 4. The van der Waals surface area contributed by atoms with Gasteiger partial charge in [0.15, 0.2) is 23.3 Å². The molecule has 52 heavy (non-hydrogen) atoms. The van der Waals surface area contributed by atoms with E-state index in [0.29, 0.717) is 5.75 Å². The van der Waals surface area contributed by atoms with Gasteiger partial charge in [0.25, 0.3) is 0 Å². The van der Waals surface area contributed by atoms with Crippen LogP contribution in [-0.2, 0) is 49.7 Å². The predicted octanol–water partition coefficient (Wildman–Crippen LogP) is -1.20. The molecule has 288 valence electrons. The number of methoxy groups -OCH3 is 1. The maximum Gasteiger partial charge on any atom is 0.490 e. The Morgan fingerprint density at radius 3 is 2.10 bits per heavy atom. The fraction of sp³-hybridized carbons (Fsp3) is 0.500. The average molecular weight is 823 g/mol. The summed E-state index contributed by atoms with van der Waals surface area (Å²) in [7, 11) is -22.6. The summed E-state index contributed by atoms with van der Waals surface area (Å²) in [5, 5.41) is 42.1. The number of nitrogens with two attached hydrogens (primary N) is 1. The molecule has 0 spiro atoms. The van der Waals surface area contributed by atoms with Gasteiger partial charge in [-0.15, -0.1) is 0 Å². The Kier molecular flexibility index (Phi) is 10.5. The molecular weight excluding hydrogens is 794 g/mol. The molecule has 0 amide bonds. The predicted molar refractivity (Wildman–Crippen MR) is 162 cm³/mol. The molecule has 2 aliphatic heterocycles. The minimum absolute atomic E-state index is 0.00696. The molecule has 2 aromatic heterocycles. The average Bonchev–Trinajstić information content (AvgIpc) is 3.33. The number of benzene rings is 1. The summed E-state index contributed by atoms with van der Waals surface area (Å²) in [5.74, 6) is 0.638. The van der Waals surface area contributed by atoms with Gasteiger partial charge < -0.3 is 64.7 Å². The number of nitrogen functional groups attached to an aromatic ring is 1. The molecule has 0 radical (unpaired) electrons. The first-order chi connectivity index (χ1) is 24.2. The summed E-state index contributed by atoms with van der Waals surface area (Å²) >= 11 is 0. The highest BCUT2D eigenvalue weighted by molar-refractivity contribution is 7.69. The molecule has 1 saturated carbocycles. The van der Waals surface area contributed by atoms with Crippen LogP contribution in [0.3, 0.4) is 0 Å². The highest BCUT2D eigenvalue weighted by Gasteiger charge is 2.79. The van der Waals surface area contributed by atoms with E-state index >= 15 is 0 Å². The normalized spacial score (nSPS) is 34.5. The van der Waals surface area contributed by atoms with Crippen molar-refractivity contribution in [1.82, 2.24) is 19.5 Å². The molecular formula is C22H29N5O21P4. The maximum atomic E-state index is 12.5. The van der Waals surface area contributed by atoms with Crippen LogP contribution >= 0.6 is 31.3 Å². The van der Waals surface area contributed by atoms with Crippen LogP contribution in [-0.4, -0.2) is 122 Å². The number of ether oxygens (including phenoxy) is 4. The molecule has 3 aliphatic rings. The lowest BCUT2D eigenvalue weighted by molar-refractivity contribution is -0.115. The van der Waals surface area contributed by atoms with Crippen molar-refractivity contribution >= 4 is 48.3 Å². The second-order valence-corrected chi connectivity index (χ2v) is 17.3. The molecule has 30 heteroatoms. The van der Waals surface area contributed by atoms with Crippen LogP contribution in [0.15, 0.2) is 36.9 Å². The fourth-order valence-electron chi connectivity index (χ4n) is 5.23. The molecule has 26 nitrogen and oxygen atoms in total. The zero-order chi connectivity index (χ0) is 38.0. The number of nitrogens with zero attached hydrogens (tertiary/aromatic N) is 4. The maximum absolute atomic E-state index is 12.5. The second-order valence-electron chi connectivity index (χ2n) is 11.1. The summed E-state index contributed by atoms with van der Waals surface area (Å²) in [6.45, 7) is -1.10. The Morgan fingerprint density at radius 1 is 0.865 bits per heavy atom. The van der Waals surface area contributed by atoms with E-state index in [4.69, 9.17) is 24.7 Å². The van der Waals surface area contributed by atoms with Crippen LogP contribution in [0.5, 0.6) is 11.5 Å². The number of rotatable bonds is 15. The first kappa shape index (κ1) is 39.2. The van der Waals surface area contributed by atoms with Gasteiger partial charge in [0.05, 0.1) is 20.0 Å². The first-order valence-electron chi connectivity index (χ1n) is 14.2. The summed E-state index contributed by atoms with van der Waals surface area (Å²) in [4.78, 5) is 51.4. The number of hydrogen-bond acceptors (Lipinski definition) is 21. The Hall–Kier alpha value is -2.51. The van der Waals surface area contributed by atoms with E-state index < -0.39 is 92.6 Å². The molecule has 3 aromatic rings. The fourth-order valence-corrected chi connectivity index (χ4v) is 10.4. The zero-order valence-electron chi connectivity index (χ0n) is 25.8. The van der Waals surface area contributed by atoms with Gasteiger partial charge >= 0.3 is 31.3 Å². The van der Waals surface area contributed by atoms with Gasteiger partial charge in [0, 0.05) is 0 Å². The quantitative estimate of drug-likeness (QED) is 0.0813. The third-order valence-corrected chi connectivity index (χ3v) is 13.6. The lowest BCUT2D eigenvalue weighted by atomic mass is 10.1. The van der Waals surface area contributed by atoms with Crippen molar-refractivity contribution in [2.75, 3.05) is 19.5 Å². The first-order valence-corrected chi connectivity index (χ1v) is 20.2. The van der Waals surface area contributed by atoms with Crippen molar-refractivity contribution in [1.29, 1.82) is 0 Å². The number of imidazole rings is 1. The number of fused-ring (bicyclic) bond motifs is 2. The summed E-state index contributed by atoms with van der Waals surface area (Å²) in [6.07, 6.45) is -11.0. The Bertz CT molecular complexity index is 2010. The number of phosphoric acid groups is 4. The topological polar surface area (TPSA) is 383 Å². The number of aliphatic hydroxyl groups excluding tert-OH is 3. The SMILES string of the molecule is COc1ccc(O[C@@H]2O[C@H](COP(=O)(O)OP(=O)(O)OP(=O)(O)OP(=O)(O)O[C@H]3[C@H]4O[C@@H](n5cnc6c(N)ncnc65)[C@H](O)[C@]43O)[C@@H](O)[C@H]2O)cc1. The monoisotopic (exact) mass is 823 g/mol. The minimum Gasteiger partial charge on any atom is -0.497 e. The van der Waals surface area contributed by atoms with Crippen molar-refractivity contribution in [3.05, 3.63) is 36.9 Å². The number of phosphoric ester groups is 2. The molecule has 4 heterocycles.